The van der Waals surface area contributed by atoms with Crippen LogP contribution in [0.25, 0.3) is 0 Å². The largest absolute Gasteiger partial charge is 0.485 e. The summed E-state index contributed by atoms with van der Waals surface area (Å²) in [5.41, 5.74) is 2.48. The zero-order valence-electron chi connectivity index (χ0n) is 12.2. The summed E-state index contributed by atoms with van der Waals surface area (Å²) in [7, 11) is 0. The van der Waals surface area contributed by atoms with Gasteiger partial charge in [-0.2, -0.15) is 0 Å². The van der Waals surface area contributed by atoms with Crippen molar-refractivity contribution in [2.24, 2.45) is 0 Å². The Kier molecular flexibility index (Phi) is 4.40. The Hall–Kier alpha value is -2.17. The molecule has 0 aliphatic rings. The molecule has 0 aliphatic heterocycles. The Morgan fingerprint density at radius 3 is 2.48 bits per heavy atom. The average Bonchev–Trinajstić information content (AvgIpc) is 2.74. The first-order chi connectivity index (χ1) is 9.93. The minimum absolute atomic E-state index is 0.131. The van der Waals surface area contributed by atoms with E-state index in [0.717, 1.165) is 30.1 Å². The van der Waals surface area contributed by atoms with E-state index in [-0.39, 0.29) is 18.1 Å². The number of ether oxygens (including phenoxy) is 1. The third-order valence-electron chi connectivity index (χ3n) is 3.45. The molecule has 0 saturated carbocycles. The van der Waals surface area contributed by atoms with Crippen LogP contribution in [0.2, 0.25) is 0 Å². The number of nitrogens with zero attached hydrogens (tertiary/aromatic N) is 1. The van der Waals surface area contributed by atoms with Crippen molar-refractivity contribution in [1.29, 1.82) is 0 Å². The van der Waals surface area contributed by atoms with Crippen molar-refractivity contribution in [2.45, 2.75) is 27.3 Å². The summed E-state index contributed by atoms with van der Waals surface area (Å²) in [5, 5.41) is 0. The lowest BCUT2D eigenvalue weighted by molar-refractivity contribution is 0.0920. The van der Waals surface area contributed by atoms with E-state index in [9.17, 15) is 13.6 Å². The van der Waals surface area contributed by atoms with Crippen LogP contribution in [0, 0.1) is 25.5 Å². The van der Waals surface area contributed by atoms with Crippen molar-refractivity contribution in [3.63, 3.8) is 0 Å². The molecule has 2 rings (SSSR count). The summed E-state index contributed by atoms with van der Waals surface area (Å²) in [6.45, 7) is 6.39. The van der Waals surface area contributed by atoms with E-state index in [1.165, 1.54) is 6.07 Å². The van der Waals surface area contributed by atoms with Gasteiger partial charge in [0.15, 0.2) is 18.2 Å². The van der Waals surface area contributed by atoms with E-state index < -0.39 is 11.6 Å². The van der Waals surface area contributed by atoms with Gasteiger partial charge in [-0.3, -0.25) is 4.79 Å². The third kappa shape index (κ3) is 3.12. The zero-order chi connectivity index (χ0) is 15.6. The highest BCUT2D eigenvalue weighted by molar-refractivity contribution is 5.98. The highest BCUT2D eigenvalue weighted by atomic mass is 19.2. The number of hydrogen-bond acceptors (Lipinski definition) is 2. The standard InChI is InChI=1S/C16H17F2NO2/c1-4-19-10(2)7-13(11(19)3)16(20)9-21-12-5-6-14(17)15(18)8-12/h5-8H,4,9H2,1-3H3. The van der Waals surface area contributed by atoms with E-state index in [4.69, 9.17) is 4.74 Å². The van der Waals surface area contributed by atoms with Crippen LogP contribution in [0.5, 0.6) is 5.75 Å². The fourth-order valence-corrected chi connectivity index (χ4v) is 2.36. The molecule has 0 unspecified atom stereocenters. The van der Waals surface area contributed by atoms with E-state index in [0.29, 0.717) is 5.56 Å². The van der Waals surface area contributed by atoms with Crippen molar-refractivity contribution in [2.75, 3.05) is 6.61 Å². The first-order valence-electron chi connectivity index (χ1n) is 6.71. The van der Waals surface area contributed by atoms with Crippen molar-refractivity contribution < 1.29 is 18.3 Å². The summed E-state index contributed by atoms with van der Waals surface area (Å²) in [6.07, 6.45) is 0. The molecule has 1 aromatic carbocycles. The highest BCUT2D eigenvalue weighted by Gasteiger charge is 2.15. The van der Waals surface area contributed by atoms with Crippen molar-refractivity contribution >= 4 is 5.78 Å². The molecule has 0 N–H and O–H groups in total. The molecule has 0 spiro atoms. The van der Waals surface area contributed by atoms with E-state index in [1.807, 2.05) is 31.4 Å². The zero-order valence-corrected chi connectivity index (χ0v) is 12.2. The van der Waals surface area contributed by atoms with Crippen molar-refractivity contribution in [3.8, 4) is 5.75 Å². The molecule has 0 bridgehead atoms. The molecule has 0 fully saturated rings. The molecule has 2 aromatic rings. The molecule has 1 heterocycles. The van der Waals surface area contributed by atoms with Crippen molar-refractivity contribution in [3.05, 3.63) is 52.9 Å². The smallest absolute Gasteiger partial charge is 0.202 e. The summed E-state index contributed by atoms with van der Waals surface area (Å²) in [5.74, 6) is -2.00. The number of benzene rings is 1. The number of Topliss-reactive ketones (excluding diaryl/α,β-unsaturated/α-hetero) is 1. The molecule has 0 atom stereocenters. The summed E-state index contributed by atoms with van der Waals surface area (Å²) >= 11 is 0. The molecule has 0 amide bonds. The van der Waals surface area contributed by atoms with Gasteiger partial charge in [0.1, 0.15) is 5.75 Å². The Labute approximate surface area is 122 Å². The summed E-state index contributed by atoms with van der Waals surface area (Å²) < 4.78 is 33.1. The Morgan fingerprint density at radius 1 is 1.19 bits per heavy atom. The molecule has 112 valence electrons. The number of aryl methyl sites for hydroxylation is 1. The van der Waals surface area contributed by atoms with Gasteiger partial charge in [0, 0.05) is 29.6 Å². The van der Waals surface area contributed by atoms with Crippen LogP contribution in [0.3, 0.4) is 0 Å². The topological polar surface area (TPSA) is 31.2 Å². The molecule has 0 aliphatic carbocycles. The number of hydrogen-bond donors (Lipinski definition) is 0. The van der Waals surface area contributed by atoms with Crippen LogP contribution in [0.4, 0.5) is 8.78 Å². The van der Waals surface area contributed by atoms with Crippen LogP contribution >= 0.6 is 0 Å². The van der Waals surface area contributed by atoms with Gasteiger partial charge in [-0.25, -0.2) is 8.78 Å². The first kappa shape index (κ1) is 15.2. The number of carbonyl (C=O) groups excluding carboxylic acids is 1. The predicted octanol–water partition coefficient (Wildman–Crippen LogP) is 3.66. The fraction of sp³-hybridized carbons (Fsp3) is 0.312. The minimum Gasteiger partial charge on any atom is -0.485 e. The first-order valence-corrected chi connectivity index (χ1v) is 6.71. The van der Waals surface area contributed by atoms with Crippen LogP contribution in [-0.2, 0) is 6.54 Å². The van der Waals surface area contributed by atoms with Crippen LogP contribution in [0.1, 0.15) is 28.7 Å². The van der Waals surface area contributed by atoms with E-state index in [2.05, 4.69) is 0 Å². The van der Waals surface area contributed by atoms with Crippen LogP contribution in [0.15, 0.2) is 24.3 Å². The third-order valence-corrected chi connectivity index (χ3v) is 3.45. The number of carbonyl (C=O) groups is 1. The number of halogens is 2. The second-order valence-corrected chi connectivity index (χ2v) is 4.82. The molecule has 3 nitrogen and oxygen atoms in total. The summed E-state index contributed by atoms with van der Waals surface area (Å²) in [6, 6.07) is 5.01. The second kappa shape index (κ2) is 6.08. The maximum absolute atomic E-state index is 13.0. The van der Waals surface area contributed by atoms with Gasteiger partial charge in [0.05, 0.1) is 0 Å². The van der Waals surface area contributed by atoms with E-state index in [1.54, 1.807) is 0 Å². The maximum Gasteiger partial charge on any atom is 0.202 e. The molecule has 1 aromatic heterocycles. The van der Waals surface area contributed by atoms with Crippen LogP contribution < -0.4 is 4.74 Å². The Bertz CT molecular complexity index is 677. The molecule has 0 saturated heterocycles. The Morgan fingerprint density at radius 2 is 1.90 bits per heavy atom. The Balaban J connectivity index is 2.10. The number of rotatable bonds is 5. The van der Waals surface area contributed by atoms with Gasteiger partial charge >= 0.3 is 0 Å². The number of ketones is 1. The normalized spacial score (nSPS) is 10.7. The van der Waals surface area contributed by atoms with Gasteiger partial charge in [0.2, 0.25) is 5.78 Å². The van der Waals surface area contributed by atoms with Gasteiger partial charge in [-0.1, -0.05) is 0 Å². The lowest BCUT2D eigenvalue weighted by Crippen LogP contribution is -2.13. The molecular weight excluding hydrogens is 276 g/mol. The second-order valence-electron chi connectivity index (χ2n) is 4.82. The lowest BCUT2D eigenvalue weighted by Gasteiger charge is -2.07. The average molecular weight is 293 g/mol. The fourth-order valence-electron chi connectivity index (χ4n) is 2.36. The van der Waals surface area contributed by atoms with Gasteiger partial charge in [0.25, 0.3) is 0 Å². The maximum atomic E-state index is 13.0. The van der Waals surface area contributed by atoms with Gasteiger partial charge < -0.3 is 9.30 Å². The van der Waals surface area contributed by atoms with Gasteiger partial charge in [-0.05, 0) is 39.0 Å². The van der Waals surface area contributed by atoms with Gasteiger partial charge in [-0.15, -0.1) is 0 Å². The predicted molar refractivity (Wildman–Crippen MR) is 75.8 cm³/mol. The lowest BCUT2D eigenvalue weighted by atomic mass is 10.1. The monoisotopic (exact) mass is 293 g/mol. The quantitative estimate of drug-likeness (QED) is 0.788. The van der Waals surface area contributed by atoms with E-state index >= 15 is 0 Å². The minimum atomic E-state index is -0.996. The number of aromatic nitrogens is 1. The molecule has 0 radical (unpaired) electrons. The SMILES string of the molecule is CCn1c(C)cc(C(=O)COc2ccc(F)c(F)c2)c1C. The molecular formula is C16H17F2NO2. The van der Waals surface area contributed by atoms with Crippen LogP contribution in [-0.4, -0.2) is 17.0 Å². The summed E-state index contributed by atoms with van der Waals surface area (Å²) in [4.78, 5) is 12.2. The molecule has 21 heavy (non-hydrogen) atoms. The molecule has 5 heteroatoms. The van der Waals surface area contributed by atoms with Crippen molar-refractivity contribution in [1.82, 2.24) is 4.57 Å². The highest BCUT2D eigenvalue weighted by Crippen LogP contribution is 2.18.